The largest absolute Gasteiger partial charge is 0.497 e. The molecular weight excluding hydrogens is 325 g/mol. The van der Waals surface area contributed by atoms with E-state index in [-0.39, 0.29) is 10.0 Å². The number of methoxy groups -OCH3 is 1. The van der Waals surface area contributed by atoms with E-state index in [2.05, 4.69) is 21.2 Å². The van der Waals surface area contributed by atoms with Gasteiger partial charge in [-0.05, 0) is 45.8 Å². The second-order valence-electron chi connectivity index (χ2n) is 4.13. The van der Waals surface area contributed by atoms with Crippen LogP contribution in [0.5, 0.6) is 5.75 Å². The van der Waals surface area contributed by atoms with Crippen LogP contribution in [0.2, 0.25) is 0 Å². The molecule has 1 amide bonds. The van der Waals surface area contributed by atoms with Crippen molar-refractivity contribution in [3.63, 3.8) is 0 Å². The smallest absolute Gasteiger partial charge is 0.254 e. The molecule has 0 aromatic heterocycles. The molecule has 0 spiro atoms. The standard InChI is InChI=1S/C15H13BrFNO2/c1-20-11-7-5-10(6-8-11)9-18-15(19)12-3-2-4-13(16)14(12)17/h2-8H,9H2,1H3,(H,18,19). The van der Waals surface area contributed by atoms with Gasteiger partial charge in [-0.15, -0.1) is 0 Å². The van der Waals surface area contributed by atoms with Crippen molar-refractivity contribution in [1.29, 1.82) is 0 Å². The maximum absolute atomic E-state index is 13.8. The summed E-state index contributed by atoms with van der Waals surface area (Å²) in [7, 11) is 1.59. The molecule has 0 bridgehead atoms. The lowest BCUT2D eigenvalue weighted by Crippen LogP contribution is -2.23. The summed E-state index contributed by atoms with van der Waals surface area (Å²) >= 11 is 3.06. The Labute approximate surface area is 124 Å². The number of halogens is 2. The van der Waals surface area contributed by atoms with Gasteiger partial charge in [0.25, 0.3) is 5.91 Å². The molecule has 0 radical (unpaired) electrons. The van der Waals surface area contributed by atoms with Crippen molar-refractivity contribution in [3.8, 4) is 5.75 Å². The number of hydrogen-bond acceptors (Lipinski definition) is 2. The summed E-state index contributed by atoms with van der Waals surface area (Å²) in [6.45, 7) is 0.328. The molecule has 0 atom stereocenters. The van der Waals surface area contributed by atoms with Crippen molar-refractivity contribution < 1.29 is 13.9 Å². The molecule has 2 aromatic carbocycles. The van der Waals surface area contributed by atoms with Gasteiger partial charge in [0.2, 0.25) is 0 Å². The lowest BCUT2D eigenvalue weighted by atomic mass is 10.2. The van der Waals surface area contributed by atoms with Gasteiger partial charge in [-0.25, -0.2) is 4.39 Å². The monoisotopic (exact) mass is 337 g/mol. The van der Waals surface area contributed by atoms with E-state index in [4.69, 9.17) is 4.74 Å². The summed E-state index contributed by atoms with van der Waals surface area (Å²) < 4.78 is 19.1. The molecule has 0 aliphatic rings. The van der Waals surface area contributed by atoms with Crippen LogP contribution in [0.25, 0.3) is 0 Å². The molecule has 3 nitrogen and oxygen atoms in total. The Bertz CT molecular complexity index is 614. The summed E-state index contributed by atoms with van der Waals surface area (Å²) in [5.41, 5.74) is 0.933. The van der Waals surface area contributed by atoms with Gasteiger partial charge in [0, 0.05) is 6.54 Å². The Balaban J connectivity index is 2.02. The molecule has 2 aromatic rings. The van der Waals surface area contributed by atoms with Crippen LogP contribution in [0, 0.1) is 5.82 Å². The van der Waals surface area contributed by atoms with E-state index in [0.717, 1.165) is 11.3 Å². The van der Waals surface area contributed by atoms with Crippen LogP contribution in [0.3, 0.4) is 0 Å². The highest BCUT2D eigenvalue weighted by molar-refractivity contribution is 9.10. The lowest BCUT2D eigenvalue weighted by molar-refractivity contribution is 0.0946. The highest BCUT2D eigenvalue weighted by atomic mass is 79.9. The Morgan fingerprint density at radius 3 is 2.60 bits per heavy atom. The van der Waals surface area contributed by atoms with Gasteiger partial charge in [-0.2, -0.15) is 0 Å². The Morgan fingerprint density at radius 1 is 1.25 bits per heavy atom. The predicted molar refractivity (Wildman–Crippen MR) is 78.3 cm³/mol. The van der Waals surface area contributed by atoms with Crippen LogP contribution in [0.15, 0.2) is 46.9 Å². The van der Waals surface area contributed by atoms with Crippen molar-refractivity contribution in [3.05, 3.63) is 63.9 Å². The third kappa shape index (κ3) is 3.36. The molecule has 0 saturated heterocycles. The molecule has 0 unspecified atom stereocenters. The van der Waals surface area contributed by atoms with Crippen molar-refractivity contribution >= 4 is 21.8 Å². The zero-order valence-electron chi connectivity index (χ0n) is 10.8. The van der Waals surface area contributed by atoms with Gasteiger partial charge >= 0.3 is 0 Å². The summed E-state index contributed by atoms with van der Waals surface area (Å²) in [5.74, 6) is -0.252. The van der Waals surface area contributed by atoms with Gasteiger partial charge in [0.15, 0.2) is 0 Å². The third-order valence-corrected chi connectivity index (χ3v) is 3.42. The van der Waals surface area contributed by atoms with Crippen LogP contribution in [0.1, 0.15) is 15.9 Å². The van der Waals surface area contributed by atoms with Crippen LogP contribution >= 0.6 is 15.9 Å². The molecule has 104 valence electrons. The Hall–Kier alpha value is -1.88. The van der Waals surface area contributed by atoms with Crippen LogP contribution in [-0.2, 0) is 6.54 Å². The van der Waals surface area contributed by atoms with E-state index in [1.165, 1.54) is 6.07 Å². The maximum atomic E-state index is 13.8. The van der Waals surface area contributed by atoms with Crippen molar-refractivity contribution in [1.82, 2.24) is 5.32 Å². The summed E-state index contributed by atoms with van der Waals surface area (Å²) in [6.07, 6.45) is 0. The number of benzene rings is 2. The van der Waals surface area contributed by atoms with E-state index in [0.29, 0.717) is 6.54 Å². The number of carbonyl (C=O) groups excluding carboxylic acids is 1. The molecule has 20 heavy (non-hydrogen) atoms. The zero-order valence-corrected chi connectivity index (χ0v) is 12.4. The van der Waals surface area contributed by atoms with E-state index >= 15 is 0 Å². The number of hydrogen-bond donors (Lipinski definition) is 1. The average Bonchev–Trinajstić information content (AvgIpc) is 2.48. The van der Waals surface area contributed by atoms with Gasteiger partial charge in [0.05, 0.1) is 17.1 Å². The normalized spacial score (nSPS) is 10.2. The zero-order chi connectivity index (χ0) is 14.5. The molecule has 0 aliphatic carbocycles. The highest BCUT2D eigenvalue weighted by Crippen LogP contribution is 2.18. The van der Waals surface area contributed by atoms with E-state index in [1.54, 1.807) is 31.4 Å². The fourth-order valence-corrected chi connectivity index (χ4v) is 2.07. The molecule has 1 N–H and O–H groups in total. The molecule has 0 saturated carbocycles. The van der Waals surface area contributed by atoms with Crippen molar-refractivity contribution in [2.45, 2.75) is 6.54 Å². The SMILES string of the molecule is COc1ccc(CNC(=O)c2cccc(Br)c2F)cc1. The van der Waals surface area contributed by atoms with Gasteiger partial charge in [0.1, 0.15) is 11.6 Å². The number of rotatable bonds is 4. The third-order valence-electron chi connectivity index (χ3n) is 2.81. The van der Waals surface area contributed by atoms with Gasteiger partial charge in [-0.3, -0.25) is 4.79 Å². The Kier molecular flexibility index (Phi) is 4.74. The Morgan fingerprint density at radius 2 is 1.95 bits per heavy atom. The van der Waals surface area contributed by atoms with Crippen LogP contribution < -0.4 is 10.1 Å². The molecular formula is C15H13BrFNO2. The summed E-state index contributed by atoms with van der Waals surface area (Å²) in [5, 5.41) is 2.68. The first-order valence-corrected chi connectivity index (χ1v) is 6.76. The topological polar surface area (TPSA) is 38.3 Å². The lowest BCUT2D eigenvalue weighted by Gasteiger charge is -2.07. The summed E-state index contributed by atoms with van der Waals surface area (Å²) in [6, 6.07) is 11.9. The molecule has 0 heterocycles. The highest BCUT2D eigenvalue weighted by Gasteiger charge is 2.13. The van der Waals surface area contributed by atoms with E-state index in [9.17, 15) is 9.18 Å². The van der Waals surface area contributed by atoms with E-state index < -0.39 is 11.7 Å². The van der Waals surface area contributed by atoms with Crippen molar-refractivity contribution in [2.24, 2.45) is 0 Å². The second kappa shape index (κ2) is 6.52. The molecule has 5 heteroatoms. The van der Waals surface area contributed by atoms with Crippen LogP contribution in [0.4, 0.5) is 4.39 Å². The first-order chi connectivity index (χ1) is 9.61. The minimum absolute atomic E-state index is 0.0212. The first-order valence-electron chi connectivity index (χ1n) is 5.97. The quantitative estimate of drug-likeness (QED) is 0.926. The fourth-order valence-electron chi connectivity index (χ4n) is 1.70. The number of ether oxygens (including phenoxy) is 1. The van der Waals surface area contributed by atoms with Crippen molar-refractivity contribution in [2.75, 3.05) is 7.11 Å². The number of nitrogens with one attached hydrogen (secondary N) is 1. The summed E-state index contributed by atoms with van der Waals surface area (Å²) in [4.78, 5) is 11.9. The molecule has 0 fully saturated rings. The maximum Gasteiger partial charge on any atom is 0.254 e. The average molecular weight is 338 g/mol. The van der Waals surface area contributed by atoms with Gasteiger partial charge in [-0.1, -0.05) is 18.2 Å². The second-order valence-corrected chi connectivity index (χ2v) is 4.99. The predicted octanol–water partition coefficient (Wildman–Crippen LogP) is 3.53. The number of carbonyl (C=O) groups is 1. The minimum Gasteiger partial charge on any atom is -0.497 e. The first kappa shape index (κ1) is 14.5. The van der Waals surface area contributed by atoms with Gasteiger partial charge < -0.3 is 10.1 Å². The number of amides is 1. The molecule has 2 rings (SSSR count). The molecule has 0 aliphatic heterocycles. The van der Waals surface area contributed by atoms with Crippen LogP contribution in [-0.4, -0.2) is 13.0 Å². The van der Waals surface area contributed by atoms with E-state index in [1.807, 2.05) is 12.1 Å². The fraction of sp³-hybridized carbons (Fsp3) is 0.133. The minimum atomic E-state index is -0.556.